The fourth-order valence-corrected chi connectivity index (χ4v) is 17.6. The number of rotatable bonds is 5. The second-order valence-electron chi connectivity index (χ2n) is 29.1. The molecule has 0 N–H and O–H groups in total. The van der Waals surface area contributed by atoms with Crippen LogP contribution in [-0.2, 0) is 27.1 Å². The van der Waals surface area contributed by atoms with Gasteiger partial charge in [0.15, 0.2) is 0 Å². The third-order valence-corrected chi connectivity index (χ3v) is 21.7. The van der Waals surface area contributed by atoms with E-state index in [1.165, 1.54) is 143 Å². The van der Waals surface area contributed by atoms with Gasteiger partial charge in [-0.3, -0.25) is 0 Å². The molecular formula is C78H80BN3. The summed E-state index contributed by atoms with van der Waals surface area (Å²) in [5.41, 5.74) is 24.9. The molecule has 0 bridgehead atoms. The van der Waals surface area contributed by atoms with Gasteiger partial charge in [-0.2, -0.15) is 0 Å². The van der Waals surface area contributed by atoms with Gasteiger partial charge in [0.25, 0.3) is 6.71 Å². The van der Waals surface area contributed by atoms with Crippen LogP contribution in [0.3, 0.4) is 0 Å². The zero-order valence-electron chi connectivity index (χ0n) is 50.5. The summed E-state index contributed by atoms with van der Waals surface area (Å²) in [6, 6.07) is 75.0. The lowest BCUT2D eigenvalue weighted by atomic mass is 9.33. The van der Waals surface area contributed by atoms with Gasteiger partial charge in [-0.1, -0.05) is 234 Å². The molecule has 2 aliphatic carbocycles. The Morgan fingerprint density at radius 2 is 0.927 bits per heavy atom. The van der Waals surface area contributed by atoms with E-state index in [4.69, 9.17) is 0 Å². The Hall–Kier alpha value is -7.30. The van der Waals surface area contributed by atoms with Crippen molar-refractivity contribution >= 4 is 73.7 Å². The van der Waals surface area contributed by atoms with Crippen molar-refractivity contribution in [2.24, 2.45) is 0 Å². The normalized spacial score (nSPS) is 23.3. The minimum Gasteiger partial charge on any atom is -0.335 e. The molecule has 82 heavy (non-hydrogen) atoms. The van der Waals surface area contributed by atoms with E-state index in [-0.39, 0.29) is 44.9 Å². The van der Waals surface area contributed by atoms with Gasteiger partial charge in [0.05, 0.1) is 16.8 Å². The third kappa shape index (κ3) is 6.96. The van der Waals surface area contributed by atoms with Crippen molar-refractivity contribution in [3.63, 3.8) is 0 Å². The number of para-hydroxylation sites is 1. The molecule has 410 valence electrons. The molecule has 4 aliphatic heterocycles. The lowest BCUT2D eigenvalue weighted by Crippen LogP contribution is -2.65. The molecule has 4 heterocycles. The van der Waals surface area contributed by atoms with Crippen molar-refractivity contribution in [1.82, 2.24) is 0 Å². The SMILES string of the molecule is CC(C)(C)c1ccc2c(c1)B1c3cc(C(C)(C)C)cc4c3N(c3cc(N5c6ccccc6C6(c7ccccc7)CCCCC56C)cc(c31)N2c1ccc(C(C)(C)C)cc1-c1ccc2ccccc2c1)C1(C)CCCCC41c1ccccc1. The highest BCUT2D eigenvalue weighted by molar-refractivity contribution is 7.00. The zero-order valence-corrected chi connectivity index (χ0v) is 50.5. The van der Waals surface area contributed by atoms with Crippen LogP contribution in [0, 0.1) is 0 Å². The topological polar surface area (TPSA) is 9.72 Å². The number of fused-ring (bicyclic) bond motifs is 11. The maximum atomic E-state index is 2.99. The molecule has 2 saturated carbocycles. The van der Waals surface area contributed by atoms with Crippen LogP contribution in [0.15, 0.2) is 188 Å². The summed E-state index contributed by atoms with van der Waals surface area (Å²) in [6.07, 6.45) is 9.21. The van der Waals surface area contributed by atoms with E-state index < -0.39 is 0 Å². The summed E-state index contributed by atoms with van der Waals surface area (Å²) < 4.78 is 0. The average Bonchev–Trinajstić information content (AvgIpc) is 1.58. The van der Waals surface area contributed by atoms with E-state index >= 15 is 0 Å². The van der Waals surface area contributed by atoms with E-state index in [9.17, 15) is 0 Å². The monoisotopic (exact) mass is 1070 g/mol. The molecule has 4 unspecified atom stereocenters. The first-order valence-corrected chi connectivity index (χ1v) is 31.0. The Bertz CT molecular complexity index is 4080. The van der Waals surface area contributed by atoms with Gasteiger partial charge in [-0.15, -0.1) is 0 Å². The molecule has 9 aromatic carbocycles. The molecule has 0 radical (unpaired) electrons. The van der Waals surface area contributed by atoms with E-state index in [0.29, 0.717) is 0 Å². The van der Waals surface area contributed by atoms with Crippen LogP contribution in [0.1, 0.15) is 166 Å². The number of hydrogen-bond acceptors (Lipinski definition) is 3. The summed E-state index contributed by atoms with van der Waals surface area (Å²) in [5, 5.41) is 2.52. The van der Waals surface area contributed by atoms with Crippen LogP contribution in [0.5, 0.6) is 0 Å². The summed E-state index contributed by atoms with van der Waals surface area (Å²) in [4.78, 5) is 8.64. The van der Waals surface area contributed by atoms with Gasteiger partial charge in [-0.25, -0.2) is 0 Å². The molecule has 15 rings (SSSR count). The average molecular weight is 1070 g/mol. The van der Waals surface area contributed by atoms with Crippen molar-refractivity contribution in [3.05, 3.63) is 227 Å². The van der Waals surface area contributed by atoms with Gasteiger partial charge in [0, 0.05) is 50.5 Å². The van der Waals surface area contributed by atoms with E-state index in [0.717, 1.165) is 25.7 Å². The fourth-order valence-electron chi connectivity index (χ4n) is 17.6. The first-order valence-electron chi connectivity index (χ1n) is 31.0. The van der Waals surface area contributed by atoms with Crippen LogP contribution in [0.4, 0.5) is 39.8 Å². The predicted octanol–water partition coefficient (Wildman–Crippen LogP) is 18.6. The molecule has 4 heteroatoms. The summed E-state index contributed by atoms with van der Waals surface area (Å²) in [5.74, 6) is 0. The van der Waals surface area contributed by atoms with Crippen LogP contribution < -0.4 is 31.1 Å². The third-order valence-electron chi connectivity index (χ3n) is 21.7. The van der Waals surface area contributed by atoms with Crippen molar-refractivity contribution < 1.29 is 0 Å². The van der Waals surface area contributed by atoms with E-state index in [2.05, 4.69) is 279 Å². The first kappa shape index (κ1) is 51.6. The second-order valence-corrected chi connectivity index (χ2v) is 29.1. The maximum Gasteiger partial charge on any atom is 0.252 e. The van der Waals surface area contributed by atoms with Crippen LogP contribution in [-0.4, -0.2) is 17.8 Å². The van der Waals surface area contributed by atoms with Crippen LogP contribution >= 0.6 is 0 Å². The highest BCUT2D eigenvalue weighted by Crippen LogP contribution is 2.67. The lowest BCUT2D eigenvalue weighted by Gasteiger charge is -2.55. The molecule has 2 fully saturated rings. The molecule has 0 saturated heterocycles. The summed E-state index contributed by atoms with van der Waals surface area (Å²) in [7, 11) is 0. The predicted molar refractivity (Wildman–Crippen MR) is 350 cm³/mol. The quantitative estimate of drug-likeness (QED) is 0.159. The largest absolute Gasteiger partial charge is 0.335 e. The molecule has 0 aromatic heterocycles. The zero-order chi connectivity index (χ0) is 56.5. The van der Waals surface area contributed by atoms with Gasteiger partial charge in [0.2, 0.25) is 0 Å². The number of anilines is 7. The van der Waals surface area contributed by atoms with Gasteiger partial charge < -0.3 is 14.7 Å². The maximum absolute atomic E-state index is 2.99. The standard InChI is InChI=1S/C78H80BN3/c1-72(2,3)56-36-38-65(60(45-56)53-35-34-51-26-18-19-27-52(51)44-53)80-67-39-37-57(73(4,5)6)47-63(67)79-64-48-58(74(7,8)9)46-62-71(64)82(76(11)41-23-25-43-78(62,76)55-30-16-13-17-31-55)69-50-59(49-68(80)70(69)79)81-66-33-21-20-32-61(66)77(54-28-14-12-15-29-54)42-24-22-40-75(77,81)10/h12-21,26-39,44-50H,22-25,40-43H2,1-11H3. The highest BCUT2D eigenvalue weighted by Gasteiger charge is 2.66. The minimum absolute atomic E-state index is 0.0195. The van der Waals surface area contributed by atoms with Crippen molar-refractivity contribution in [2.45, 2.75) is 166 Å². The van der Waals surface area contributed by atoms with Gasteiger partial charge >= 0.3 is 0 Å². The fraction of sp³-hybridized carbons (Fsp3) is 0.333. The Morgan fingerprint density at radius 3 is 1.59 bits per heavy atom. The Labute approximate surface area is 489 Å². The Morgan fingerprint density at radius 1 is 0.390 bits per heavy atom. The summed E-state index contributed by atoms with van der Waals surface area (Å²) in [6.45, 7) is 26.9. The van der Waals surface area contributed by atoms with Crippen molar-refractivity contribution in [1.29, 1.82) is 0 Å². The van der Waals surface area contributed by atoms with Gasteiger partial charge in [-0.05, 0) is 170 Å². The molecule has 6 aliphatic rings. The first-order chi connectivity index (χ1) is 39.3. The van der Waals surface area contributed by atoms with Crippen molar-refractivity contribution in [2.75, 3.05) is 14.7 Å². The lowest BCUT2D eigenvalue weighted by molar-refractivity contribution is 0.214. The number of nitrogens with zero attached hydrogens (tertiary/aromatic N) is 3. The van der Waals surface area contributed by atoms with E-state index in [1.54, 1.807) is 0 Å². The molecule has 4 atom stereocenters. The minimum atomic E-state index is -0.272. The van der Waals surface area contributed by atoms with Gasteiger partial charge in [0.1, 0.15) is 0 Å². The Balaban J connectivity index is 1.11. The van der Waals surface area contributed by atoms with Crippen LogP contribution in [0.2, 0.25) is 0 Å². The molecule has 3 nitrogen and oxygen atoms in total. The number of hydrogen-bond donors (Lipinski definition) is 0. The van der Waals surface area contributed by atoms with Crippen LogP contribution in [0.25, 0.3) is 21.9 Å². The highest BCUT2D eigenvalue weighted by atomic mass is 15.3. The molecule has 9 aromatic rings. The smallest absolute Gasteiger partial charge is 0.252 e. The van der Waals surface area contributed by atoms with Crippen molar-refractivity contribution in [3.8, 4) is 11.1 Å². The summed E-state index contributed by atoms with van der Waals surface area (Å²) >= 11 is 0. The molecular weight excluding hydrogens is 990 g/mol. The van der Waals surface area contributed by atoms with E-state index in [1.807, 2.05) is 0 Å². The second kappa shape index (κ2) is 17.6. The number of benzene rings is 9. The molecule has 0 amide bonds. The molecule has 0 spiro atoms. The Kier molecular flexibility index (Phi) is 11.1.